The molecular formula is C13H22N2O3S. The van der Waals surface area contributed by atoms with Crippen molar-refractivity contribution < 1.29 is 14.4 Å². The highest BCUT2D eigenvalue weighted by molar-refractivity contribution is 7.98. The van der Waals surface area contributed by atoms with E-state index in [0.29, 0.717) is 12.2 Å². The number of rotatable bonds is 6. The van der Waals surface area contributed by atoms with Gasteiger partial charge in [0.15, 0.2) is 5.69 Å². The lowest BCUT2D eigenvalue weighted by atomic mass is 9.93. The molecule has 0 saturated heterocycles. The molecule has 6 heteroatoms. The number of hydrogen-bond acceptors (Lipinski definition) is 5. The van der Waals surface area contributed by atoms with E-state index in [2.05, 4.69) is 10.5 Å². The molecular weight excluding hydrogens is 264 g/mol. The Balaban J connectivity index is 2.69. The fourth-order valence-electron chi connectivity index (χ4n) is 1.55. The Labute approximate surface area is 118 Å². The van der Waals surface area contributed by atoms with Crippen LogP contribution in [0.25, 0.3) is 0 Å². The van der Waals surface area contributed by atoms with E-state index in [1.54, 1.807) is 17.8 Å². The largest absolute Gasteiger partial charge is 0.396 e. The van der Waals surface area contributed by atoms with Crippen LogP contribution in [-0.2, 0) is 5.41 Å². The number of aliphatic hydroxyl groups excluding tert-OH is 1. The molecule has 1 aromatic heterocycles. The van der Waals surface area contributed by atoms with Gasteiger partial charge in [-0.25, -0.2) is 0 Å². The topological polar surface area (TPSA) is 75.4 Å². The average molecular weight is 286 g/mol. The van der Waals surface area contributed by atoms with Crippen LogP contribution in [0, 0.1) is 0 Å². The van der Waals surface area contributed by atoms with Gasteiger partial charge in [0.2, 0.25) is 0 Å². The van der Waals surface area contributed by atoms with Gasteiger partial charge in [-0.15, -0.1) is 0 Å². The lowest BCUT2D eigenvalue weighted by molar-refractivity contribution is 0.0926. The van der Waals surface area contributed by atoms with Crippen LogP contribution in [0.1, 0.15) is 43.4 Å². The van der Waals surface area contributed by atoms with Gasteiger partial charge in [-0.2, -0.15) is 11.8 Å². The maximum atomic E-state index is 12.0. The van der Waals surface area contributed by atoms with Crippen LogP contribution in [0.2, 0.25) is 0 Å². The van der Waals surface area contributed by atoms with Crippen molar-refractivity contribution in [2.75, 3.05) is 18.6 Å². The number of nitrogens with one attached hydrogen (secondary N) is 1. The molecule has 2 N–H and O–H groups in total. The average Bonchev–Trinajstić information content (AvgIpc) is 2.78. The molecule has 1 rings (SSSR count). The maximum Gasteiger partial charge on any atom is 0.273 e. The number of amides is 1. The number of carbonyl (C=O) groups is 1. The minimum Gasteiger partial charge on any atom is -0.396 e. The number of aromatic nitrogens is 1. The van der Waals surface area contributed by atoms with Crippen LogP contribution in [0.4, 0.5) is 0 Å². The van der Waals surface area contributed by atoms with Crippen molar-refractivity contribution in [3.8, 4) is 0 Å². The highest BCUT2D eigenvalue weighted by Gasteiger charge is 2.23. The third-order valence-corrected chi connectivity index (χ3v) is 3.40. The molecule has 0 fully saturated rings. The molecule has 1 heterocycles. The first-order valence-corrected chi connectivity index (χ1v) is 7.65. The lowest BCUT2D eigenvalue weighted by Gasteiger charge is -2.15. The number of nitrogens with zero attached hydrogens (tertiary/aromatic N) is 1. The molecule has 1 aromatic rings. The molecule has 0 radical (unpaired) electrons. The van der Waals surface area contributed by atoms with Crippen molar-refractivity contribution in [1.29, 1.82) is 0 Å². The summed E-state index contributed by atoms with van der Waals surface area (Å²) in [4.78, 5) is 12.0. The second-order valence-electron chi connectivity index (χ2n) is 5.46. The van der Waals surface area contributed by atoms with Gasteiger partial charge < -0.3 is 14.9 Å². The van der Waals surface area contributed by atoms with Crippen LogP contribution in [0.15, 0.2) is 10.6 Å². The summed E-state index contributed by atoms with van der Waals surface area (Å²) in [6.45, 7) is 6.05. The molecule has 1 amide bonds. The zero-order chi connectivity index (χ0) is 14.5. The molecule has 1 unspecified atom stereocenters. The first-order valence-electron chi connectivity index (χ1n) is 6.26. The molecule has 0 aliphatic heterocycles. The highest BCUT2D eigenvalue weighted by atomic mass is 32.2. The number of carbonyl (C=O) groups excluding carboxylic acids is 1. The van der Waals surface area contributed by atoms with Gasteiger partial charge in [-0.1, -0.05) is 25.9 Å². The molecule has 108 valence electrons. The van der Waals surface area contributed by atoms with Crippen LogP contribution in [-0.4, -0.2) is 40.8 Å². The Morgan fingerprint density at radius 1 is 1.58 bits per heavy atom. The summed E-state index contributed by atoms with van der Waals surface area (Å²) >= 11 is 1.63. The maximum absolute atomic E-state index is 12.0. The van der Waals surface area contributed by atoms with Crippen molar-refractivity contribution >= 4 is 17.7 Å². The predicted molar refractivity (Wildman–Crippen MR) is 76.5 cm³/mol. The summed E-state index contributed by atoms with van der Waals surface area (Å²) in [6.07, 6.45) is 2.50. The van der Waals surface area contributed by atoms with E-state index < -0.39 is 0 Å². The zero-order valence-corrected chi connectivity index (χ0v) is 12.7. The van der Waals surface area contributed by atoms with Crippen molar-refractivity contribution in [3.63, 3.8) is 0 Å². The summed E-state index contributed by atoms with van der Waals surface area (Å²) < 4.78 is 5.19. The number of aliphatic hydroxyl groups is 1. The number of hydrogen-bond donors (Lipinski definition) is 2. The van der Waals surface area contributed by atoms with Crippen LogP contribution < -0.4 is 5.32 Å². The summed E-state index contributed by atoms with van der Waals surface area (Å²) in [6, 6.07) is 1.62. The monoisotopic (exact) mass is 286 g/mol. The van der Waals surface area contributed by atoms with Crippen LogP contribution in [0.3, 0.4) is 0 Å². The van der Waals surface area contributed by atoms with Gasteiger partial charge in [-0.3, -0.25) is 4.79 Å². The van der Waals surface area contributed by atoms with Crippen LogP contribution in [0.5, 0.6) is 0 Å². The zero-order valence-electron chi connectivity index (χ0n) is 11.9. The van der Waals surface area contributed by atoms with Crippen molar-refractivity contribution in [2.45, 2.75) is 38.6 Å². The van der Waals surface area contributed by atoms with E-state index in [0.717, 1.165) is 5.75 Å². The molecule has 0 spiro atoms. The summed E-state index contributed by atoms with van der Waals surface area (Å²) in [5.41, 5.74) is 0.115. The quantitative estimate of drug-likeness (QED) is 0.834. The Bertz CT molecular complexity index is 406. The van der Waals surface area contributed by atoms with E-state index in [4.69, 9.17) is 9.63 Å². The Kier molecular flexibility index (Phi) is 5.87. The first-order chi connectivity index (χ1) is 8.88. The molecule has 5 nitrogen and oxygen atoms in total. The molecule has 0 aromatic carbocycles. The Morgan fingerprint density at radius 3 is 2.74 bits per heavy atom. The van der Waals surface area contributed by atoms with Gasteiger partial charge in [0.25, 0.3) is 5.91 Å². The van der Waals surface area contributed by atoms with Gasteiger partial charge in [0.1, 0.15) is 5.76 Å². The standard InChI is InChI=1S/C13H22N2O3S/c1-13(2,3)11-7-10(15-18-11)12(17)14-9(5-6-16)8-19-4/h7,9,16H,5-6,8H2,1-4H3,(H,14,17). The second kappa shape index (κ2) is 6.96. The van der Waals surface area contributed by atoms with Gasteiger partial charge in [0, 0.05) is 29.9 Å². The minimum atomic E-state index is -0.258. The molecule has 19 heavy (non-hydrogen) atoms. The lowest BCUT2D eigenvalue weighted by Crippen LogP contribution is -2.37. The van der Waals surface area contributed by atoms with E-state index in [1.807, 2.05) is 27.0 Å². The molecule has 0 aliphatic carbocycles. The number of thioether (sulfide) groups is 1. The first kappa shape index (κ1) is 16.0. The molecule has 1 atom stereocenters. The van der Waals surface area contributed by atoms with E-state index in [9.17, 15) is 4.79 Å². The van der Waals surface area contributed by atoms with E-state index >= 15 is 0 Å². The van der Waals surface area contributed by atoms with Gasteiger partial charge in [-0.05, 0) is 12.7 Å². The second-order valence-corrected chi connectivity index (χ2v) is 6.38. The minimum absolute atomic E-state index is 0.0531. The smallest absolute Gasteiger partial charge is 0.273 e. The summed E-state index contributed by atoms with van der Waals surface area (Å²) in [5.74, 6) is 1.18. The highest BCUT2D eigenvalue weighted by Crippen LogP contribution is 2.22. The van der Waals surface area contributed by atoms with E-state index in [-0.39, 0.29) is 29.7 Å². The molecule has 0 bridgehead atoms. The van der Waals surface area contributed by atoms with Crippen molar-refractivity contribution in [2.24, 2.45) is 0 Å². The third kappa shape index (κ3) is 4.87. The Morgan fingerprint density at radius 2 is 2.26 bits per heavy atom. The van der Waals surface area contributed by atoms with Gasteiger partial charge in [0.05, 0.1) is 0 Å². The van der Waals surface area contributed by atoms with E-state index in [1.165, 1.54) is 0 Å². The fourth-order valence-corrected chi connectivity index (χ4v) is 2.20. The molecule has 0 aliphatic rings. The molecule has 0 saturated carbocycles. The normalized spacial score (nSPS) is 13.3. The van der Waals surface area contributed by atoms with Crippen molar-refractivity contribution in [1.82, 2.24) is 10.5 Å². The van der Waals surface area contributed by atoms with Crippen molar-refractivity contribution in [3.05, 3.63) is 17.5 Å². The van der Waals surface area contributed by atoms with Crippen LogP contribution >= 0.6 is 11.8 Å². The van der Waals surface area contributed by atoms with Gasteiger partial charge >= 0.3 is 0 Å². The summed E-state index contributed by atoms with van der Waals surface area (Å²) in [7, 11) is 0. The fraction of sp³-hybridized carbons (Fsp3) is 0.692. The Hall–Kier alpha value is -1.01. The SMILES string of the molecule is CSCC(CCO)NC(=O)c1cc(C(C)(C)C)on1. The predicted octanol–water partition coefficient (Wildman–Crippen LogP) is 1.82. The third-order valence-electron chi connectivity index (χ3n) is 2.66. The summed E-state index contributed by atoms with van der Waals surface area (Å²) in [5, 5.41) is 15.6.